The second kappa shape index (κ2) is 10.2. The molecule has 0 amide bonds. The van der Waals surface area contributed by atoms with Crippen LogP contribution in [-0.2, 0) is 10.0 Å². The average molecular weight is 386 g/mol. The van der Waals surface area contributed by atoms with E-state index in [0.717, 1.165) is 12.8 Å². The van der Waals surface area contributed by atoms with E-state index in [1.165, 1.54) is 12.8 Å². The molecular formula is C20H35NO4S. The number of ether oxygens (including phenoxy) is 2. The SMILES string of the molecule is CC.CCCCCC(C)(C)CN(CC)S(=O)(=O)c1ccc2c(c1)OCO2. The molecule has 0 spiro atoms. The third-order valence-electron chi connectivity index (χ3n) is 4.40. The zero-order valence-corrected chi connectivity index (χ0v) is 18.0. The van der Waals surface area contributed by atoms with E-state index in [1.807, 2.05) is 20.8 Å². The Labute approximate surface area is 159 Å². The predicted octanol–water partition coefficient (Wildman–Crippen LogP) is 5.06. The summed E-state index contributed by atoms with van der Waals surface area (Å²) in [5.74, 6) is 1.09. The van der Waals surface area contributed by atoms with Gasteiger partial charge in [-0.1, -0.05) is 60.8 Å². The first kappa shape index (κ1) is 22.8. The monoisotopic (exact) mass is 385 g/mol. The Hall–Kier alpha value is -1.27. The molecule has 6 heteroatoms. The van der Waals surface area contributed by atoms with Gasteiger partial charge in [0.2, 0.25) is 16.8 Å². The number of hydrogen-bond donors (Lipinski definition) is 0. The van der Waals surface area contributed by atoms with Crippen LogP contribution >= 0.6 is 0 Å². The number of sulfonamides is 1. The fraction of sp³-hybridized carbons (Fsp3) is 0.700. The molecule has 0 fully saturated rings. The van der Waals surface area contributed by atoms with Crippen LogP contribution < -0.4 is 9.47 Å². The van der Waals surface area contributed by atoms with Crippen molar-refractivity contribution >= 4 is 10.0 Å². The number of benzene rings is 1. The number of rotatable bonds is 9. The molecule has 1 heterocycles. The summed E-state index contributed by atoms with van der Waals surface area (Å²) < 4.78 is 38.1. The lowest BCUT2D eigenvalue weighted by atomic mass is 9.87. The summed E-state index contributed by atoms with van der Waals surface area (Å²) in [5, 5.41) is 0. The summed E-state index contributed by atoms with van der Waals surface area (Å²) in [7, 11) is -3.54. The van der Waals surface area contributed by atoms with Crippen LogP contribution in [0, 0.1) is 5.41 Å². The molecule has 26 heavy (non-hydrogen) atoms. The van der Waals surface area contributed by atoms with Crippen molar-refractivity contribution in [1.29, 1.82) is 0 Å². The lowest BCUT2D eigenvalue weighted by Gasteiger charge is -2.31. The van der Waals surface area contributed by atoms with E-state index in [2.05, 4.69) is 20.8 Å². The Kier molecular flexibility index (Phi) is 8.90. The van der Waals surface area contributed by atoms with E-state index in [9.17, 15) is 8.42 Å². The highest BCUT2D eigenvalue weighted by Crippen LogP contribution is 2.35. The summed E-state index contributed by atoms with van der Waals surface area (Å²) in [5.41, 5.74) is -0.0470. The molecule has 0 saturated carbocycles. The second-order valence-corrected chi connectivity index (χ2v) is 9.01. The van der Waals surface area contributed by atoms with Gasteiger partial charge < -0.3 is 9.47 Å². The third kappa shape index (κ3) is 5.88. The van der Waals surface area contributed by atoms with Crippen LogP contribution in [0.3, 0.4) is 0 Å². The second-order valence-electron chi connectivity index (χ2n) is 7.07. The zero-order chi connectivity index (χ0) is 19.8. The van der Waals surface area contributed by atoms with Crippen molar-refractivity contribution in [1.82, 2.24) is 4.31 Å². The molecule has 0 bridgehead atoms. The maximum Gasteiger partial charge on any atom is 0.243 e. The topological polar surface area (TPSA) is 55.8 Å². The van der Waals surface area contributed by atoms with Crippen molar-refractivity contribution in [3.8, 4) is 11.5 Å². The lowest BCUT2D eigenvalue weighted by Crippen LogP contribution is -2.38. The van der Waals surface area contributed by atoms with Gasteiger partial charge >= 0.3 is 0 Å². The van der Waals surface area contributed by atoms with E-state index in [1.54, 1.807) is 22.5 Å². The van der Waals surface area contributed by atoms with Gasteiger partial charge in [-0.15, -0.1) is 0 Å². The molecule has 5 nitrogen and oxygen atoms in total. The van der Waals surface area contributed by atoms with Crippen LogP contribution in [-0.4, -0.2) is 32.6 Å². The van der Waals surface area contributed by atoms with Crippen molar-refractivity contribution in [2.45, 2.75) is 72.1 Å². The van der Waals surface area contributed by atoms with Gasteiger partial charge in [-0.05, 0) is 24.0 Å². The molecule has 150 valence electrons. The molecule has 1 aromatic carbocycles. The molecule has 1 aliphatic rings. The standard InChI is InChI=1S/C18H29NO4S.C2H6/c1-5-7-8-11-18(3,4)13-19(6-2)24(20,21)15-9-10-16-17(12-15)23-14-22-16;1-2/h9-10,12H,5-8,11,13-14H2,1-4H3;1-2H3. The van der Waals surface area contributed by atoms with Crippen LogP contribution in [0.15, 0.2) is 23.1 Å². The van der Waals surface area contributed by atoms with Gasteiger partial charge in [0.1, 0.15) is 0 Å². The lowest BCUT2D eigenvalue weighted by molar-refractivity contribution is 0.174. The van der Waals surface area contributed by atoms with E-state index >= 15 is 0 Å². The van der Waals surface area contributed by atoms with Crippen LogP contribution in [0.5, 0.6) is 11.5 Å². The minimum Gasteiger partial charge on any atom is -0.454 e. The van der Waals surface area contributed by atoms with Gasteiger partial charge in [-0.2, -0.15) is 4.31 Å². The van der Waals surface area contributed by atoms with E-state index in [-0.39, 0.29) is 17.1 Å². The highest BCUT2D eigenvalue weighted by molar-refractivity contribution is 7.89. The largest absolute Gasteiger partial charge is 0.454 e. The average Bonchev–Trinajstić information content (AvgIpc) is 3.09. The number of hydrogen-bond acceptors (Lipinski definition) is 4. The van der Waals surface area contributed by atoms with Gasteiger partial charge in [0.15, 0.2) is 11.5 Å². The van der Waals surface area contributed by atoms with Gasteiger partial charge in [-0.3, -0.25) is 0 Å². The normalized spacial score (nSPS) is 13.5. The Morgan fingerprint density at radius 3 is 2.35 bits per heavy atom. The molecule has 0 radical (unpaired) electrons. The number of fused-ring (bicyclic) bond motifs is 1. The minimum atomic E-state index is -3.54. The fourth-order valence-corrected chi connectivity index (χ4v) is 4.62. The van der Waals surface area contributed by atoms with Crippen molar-refractivity contribution in [2.24, 2.45) is 5.41 Å². The molecule has 1 aliphatic heterocycles. The molecular weight excluding hydrogens is 350 g/mol. The molecule has 0 N–H and O–H groups in total. The predicted molar refractivity (Wildman–Crippen MR) is 106 cm³/mol. The Bertz CT molecular complexity index is 656. The summed E-state index contributed by atoms with van der Waals surface area (Å²) >= 11 is 0. The number of unbranched alkanes of at least 4 members (excludes halogenated alkanes) is 2. The summed E-state index contributed by atoms with van der Waals surface area (Å²) in [6, 6.07) is 4.81. The molecule has 1 aromatic rings. The third-order valence-corrected chi connectivity index (χ3v) is 6.31. The Balaban J connectivity index is 0.00000163. The molecule has 0 atom stereocenters. The summed E-state index contributed by atoms with van der Waals surface area (Å²) in [6.07, 6.45) is 4.51. The van der Waals surface area contributed by atoms with Crippen molar-refractivity contribution in [3.63, 3.8) is 0 Å². The van der Waals surface area contributed by atoms with Crippen molar-refractivity contribution in [3.05, 3.63) is 18.2 Å². The number of nitrogens with zero attached hydrogens (tertiary/aromatic N) is 1. The zero-order valence-electron chi connectivity index (χ0n) is 17.2. The van der Waals surface area contributed by atoms with Crippen LogP contribution in [0.1, 0.15) is 67.2 Å². The highest BCUT2D eigenvalue weighted by atomic mass is 32.2. The first-order chi connectivity index (χ1) is 12.3. The van der Waals surface area contributed by atoms with Crippen LogP contribution in [0.2, 0.25) is 0 Å². The Morgan fingerprint density at radius 1 is 1.08 bits per heavy atom. The van der Waals surface area contributed by atoms with Gasteiger partial charge in [0, 0.05) is 19.2 Å². The van der Waals surface area contributed by atoms with E-state index < -0.39 is 10.0 Å². The molecule has 0 saturated heterocycles. The maximum absolute atomic E-state index is 13.0. The molecule has 2 rings (SSSR count). The Morgan fingerprint density at radius 2 is 1.73 bits per heavy atom. The summed E-state index contributed by atoms with van der Waals surface area (Å²) in [6.45, 7) is 13.4. The molecule has 0 aromatic heterocycles. The fourth-order valence-electron chi connectivity index (χ4n) is 2.96. The maximum atomic E-state index is 13.0. The van der Waals surface area contributed by atoms with Gasteiger partial charge in [-0.25, -0.2) is 8.42 Å². The van der Waals surface area contributed by atoms with Gasteiger partial charge in [0.05, 0.1) is 4.90 Å². The molecule has 0 aliphatic carbocycles. The van der Waals surface area contributed by atoms with E-state index in [4.69, 9.17) is 9.47 Å². The quantitative estimate of drug-likeness (QED) is 0.558. The van der Waals surface area contributed by atoms with Gasteiger partial charge in [0.25, 0.3) is 0 Å². The van der Waals surface area contributed by atoms with Crippen molar-refractivity contribution < 1.29 is 17.9 Å². The minimum absolute atomic E-state index is 0.0470. The van der Waals surface area contributed by atoms with E-state index in [0.29, 0.717) is 24.6 Å². The smallest absolute Gasteiger partial charge is 0.243 e. The first-order valence-corrected chi connectivity index (χ1v) is 11.1. The highest BCUT2D eigenvalue weighted by Gasteiger charge is 2.30. The van der Waals surface area contributed by atoms with Crippen LogP contribution in [0.4, 0.5) is 0 Å². The summed E-state index contributed by atoms with van der Waals surface area (Å²) in [4.78, 5) is 0.262. The van der Waals surface area contributed by atoms with Crippen LogP contribution in [0.25, 0.3) is 0 Å². The van der Waals surface area contributed by atoms with Crippen molar-refractivity contribution in [2.75, 3.05) is 19.9 Å². The molecule has 0 unspecified atom stereocenters. The first-order valence-electron chi connectivity index (χ1n) is 9.70.